The van der Waals surface area contributed by atoms with Crippen molar-refractivity contribution in [1.82, 2.24) is 0 Å². The lowest BCUT2D eigenvalue weighted by atomic mass is 9.86. The fourth-order valence-corrected chi connectivity index (χ4v) is 2.54. The van der Waals surface area contributed by atoms with E-state index in [2.05, 4.69) is 15.9 Å². The number of hydrogen-bond donors (Lipinski definition) is 1. The van der Waals surface area contributed by atoms with Gasteiger partial charge in [-0.3, -0.25) is 0 Å². The second-order valence-corrected chi connectivity index (χ2v) is 5.78. The quantitative estimate of drug-likeness (QED) is 0.901. The van der Waals surface area contributed by atoms with Crippen LogP contribution < -0.4 is 4.74 Å². The maximum Gasteiger partial charge on any atom is 0.133 e. The van der Waals surface area contributed by atoms with E-state index in [1.165, 1.54) is 19.3 Å². The highest BCUT2D eigenvalue weighted by atomic mass is 79.9. The number of aliphatic hydroxyl groups excluding tert-OH is 1. The summed E-state index contributed by atoms with van der Waals surface area (Å²) in [7, 11) is 0. The van der Waals surface area contributed by atoms with Crippen LogP contribution in [0.25, 0.3) is 0 Å². The highest BCUT2D eigenvalue weighted by Gasteiger charge is 2.18. The largest absolute Gasteiger partial charge is 0.492 e. The SMILES string of the molecule is CC(O)Cc1ccc(OCC2CCC2)c(Br)c1. The molecule has 0 heterocycles. The summed E-state index contributed by atoms with van der Waals surface area (Å²) in [4.78, 5) is 0. The second-order valence-electron chi connectivity index (χ2n) is 4.93. The van der Waals surface area contributed by atoms with Crippen LogP contribution in [0.15, 0.2) is 22.7 Å². The Bertz CT molecular complexity index is 372. The number of aliphatic hydroxyl groups is 1. The molecule has 3 heteroatoms. The van der Waals surface area contributed by atoms with E-state index in [-0.39, 0.29) is 6.10 Å². The number of halogens is 1. The topological polar surface area (TPSA) is 29.5 Å². The number of benzene rings is 1. The Hall–Kier alpha value is -0.540. The van der Waals surface area contributed by atoms with Gasteiger partial charge in [0.05, 0.1) is 17.2 Å². The third kappa shape index (κ3) is 3.71. The standard InChI is InChI=1S/C14H19BrO2/c1-10(16)7-12-5-6-14(13(15)8-12)17-9-11-3-2-4-11/h5-6,8,10-11,16H,2-4,7,9H2,1H3. The first kappa shape index (κ1) is 12.9. The van der Waals surface area contributed by atoms with E-state index in [9.17, 15) is 5.11 Å². The number of rotatable bonds is 5. The van der Waals surface area contributed by atoms with E-state index in [0.29, 0.717) is 6.42 Å². The molecular weight excluding hydrogens is 280 g/mol. The fraction of sp³-hybridized carbons (Fsp3) is 0.571. The maximum atomic E-state index is 9.34. The molecule has 0 aliphatic heterocycles. The zero-order chi connectivity index (χ0) is 12.3. The highest BCUT2D eigenvalue weighted by molar-refractivity contribution is 9.10. The molecule has 94 valence electrons. The smallest absolute Gasteiger partial charge is 0.133 e. The van der Waals surface area contributed by atoms with Crippen LogP contribution in [0.3, 0.4) is 0 Å². The van der Waals surface area contributed by atoms with Crippen molar-refractivity contribution in [3.8, 4) is 5.75 Å². The Morgan fingerprint density at radius 2 is 2.24 bits per heavy atom. The minimum Gasteiger partial charge on any atom is -0.492 e. The summed E-state index contributed by atoms with van der Waals surface area (Å²) in [6, 6.07) is 6.04. The molecule has 1 aliphatic rings. The molecule has 1 atom stereocenters. The zero-order valence-corrected chi connectivity index (χ0v) is 11.7. The van der Waals surface area contributed by atoms with Gasteiger partial charge in [-0.05, 0) is 65.7 Å². The van der Waals surface area contributed by atoms with Crippen LogP contribution in [0.2, 0.25) is 0 Å². The molecule has 1 fully saturated rings. The normalized spacial score (nSPS) is 17.6. The summed E-state index contributed by atoms with van der Waals surface area (Å²) in [6.45, 7) is 2.63. The Morgan fingerprint density at radius 3 is 2.76 bits per heavy atom. The Balaban J connectivity index is 1.93. The molecule has 2 nitrogen and oxygen atoms in total. The highest BCUT2D eigenvalue weighted by Crippen LogP contribution is 2.30. The van der Waals surface area contributed by atoms with Crippen LogP contribution in [0.4, 0.5) is 0 Å². The molecule has 0 saturated heterocycles. The van der Waals surface area contributed by atoms with Crippen LogP contribution in [0.5, 0.6) is 5.75 Å². The number of hydrogen-bond acceptors (Lipinski definition) is 2. The van der Waals surface area contributed by atoms with Gasteiger partial charge in [0.15, 0.2) is 0 Å². The Labute approximate surface area is 111 Å². The predicted molar refractivity (Wildman–Crippen MR) is 72.4 cm³/mol. The molecule has 1 aliphatic carbocycles. The Kier molecular flexibility index (Phi) is 4.46. The van der Waals surface area contributed by atoms with Gasteiger partial charge in [0.1, 0.15) is 5.75 Å². The van der Waals surface area contributed by atoms with E-state index >= 15 is 0 Å². The average molecular weight is 299 g/mol. The van der Waals surface area contributed by atoms with Gasteiger partial charge in [-0.2, -0.15) is 0 Å². The minimum atomic E-state index is -0.302. The molecule has 0 amide bonds. The van der Waals surface area contributed by atoms with E-state index in [1.54, 1.807) is 6.92 Å². The lowest BCUT2D eigenvalue weighted by molar-refractivity contribution is 0.179. The van der Waals surface area contributed by atoms with E-state index < -0.39 is 0 Å². The third-order valence-electron chi connectivity index (χ3n) is 3.23. The van der Waals surface area contributed by atoms with E-state index in [0.717, 1.165) is 28.3 Å². The first-order valence-corrected chi connectivity index (χ1v) is 7.03. The summed E-state index contributed by atoms with van der Waals surface area (Å²) in [6.07, 6.45) is 4.34. The van der Waals surface area contributed by atoms with Gasteiger partial charge in [-0.1, -0.05) is 12.5 Å². The molecule has 1 aromatic carbocycles. The molecule has 1 N–H and O–H groups in total. The molecular formula is C14H19BrO2. The van der Waals surface area contributed by atoms with Crippen molar-refractivity contribution in [3.05, 3.63) is 28.2 Å². The monoisotopic (exact) mass is 298 g/mol. The maximum absolute atomic E-state index is 9.34. The molecule has 2 rings (SSSR count). The van der Waals surface area contributed by atoms with E-state index in [1.807, 2.05) is 18.2 Å². The van der Waals surface area contributed by atoms with Gasteiger partial charge < -0.3 is 9.84 Å². The van der Waals surface area contributed by atoms with Gasteiger partial charge in [-0.15, -0.1) is 0 Å². The molecule has 17 heavy (non-hydrogen) atoms. The molecule has 1 unspecified atom stereocenters. The number of ether oxygens (including phenoxy) is 1. The first-order chi connectivity index (χ1) is 8.15. The van der Waals surface area contributed by atoms with Crippen molar-refractivity contribution >= 4 is 15.9 Å². The first-order valence-electron chi connectivity index (χ1n) is 6.24. The average Bonchev–Trinajstić information content (AvgIpc) is 2.17. The summed E-state index contributed by atoms with van der Waals surface area (Å²) < 4.78 is 6.77. The van der Waals surface area contributed by atoms with Crippen molar-refractivity contribution in [2.75, 3.05) is 6.61 Å². The van der Waals surface area contributed by atoms with Crippen LogP contribution in [-0.4, -0.2) is 17.8 Å². The van der Waals surface area contributed by atoms with Gasteiger partial charge in [0, 0.05) is 0 Å². The molecule has 1 aromatic rings. The van der Waals surface area contributed by atoms with Gasteiger partial charge in [0.2, 0.25) is 0 Å². The van der Waals surface area contributed by atoms with Crippen LogP contribution in [0, 0.1) is 5.92 Å². The minimum absolute atomic E-state index is 0.302. The van der Waals surface area contributed by atoms with Crippen LogP contribution >= 0.6 is 15.9 Å². The zero-order valence-electron chi connectivity index (χ0n) is 10.2. The summed E-state index contributed by atoms with van der Waals surface area (Å²) in [5.74, 6) is 1.66. The summed E-state index contributed by atoms with van der Waals surface area (Å²) >= 11 is 3.52. The van der Waals surface area contributed by atoms with Gasteiger partial charge in [-0.25, -0.2) is 0 Å². The molecule has 1 saturated carbocycles. The molecule has 0 aromatic heterocycles. The van der Waals surface area contributed by atoms with Crippen molar-refractivity contribution < 1.29 is 9.84 Å². The fourth-order valence-electron chi connectivity index (χ4n) is 2.00. The van der Waals surface area contributed by atoms with E-state index in [4.69, 9.17) is 4.74 Å². The summed E-state index contributed by atoms with van der Waals surface area (Å²) in [5.41, 5.74) is 1.13. The van der Waals surface area contributed by atoms with Crippen LogP contribution in [-0.2, 0) is 6.42 Å². The summed E-state index contributed by atoms with van der Waals surface area (Å²) in [5, 5.41) is 9.34. The third-order valence-corrected chi connectivity index (χ3v) is 3.85. The van der Waals surface area contributed by atoms with Gasteiger partial charge >= 0.3 is 0 Å². The van der Waals surface area contributed by atoms with Crippen molar-refractivity contribution in [2.45, 2.75) is 38.7 Å². The lowest BCUT2D eigenvalue weighted by Gasteiger charge is -2.25. The van der Waals surface area contributed by atoms with Crippen molar-refractivity contribution in [2.24, 2.45) is 5.92 Å². The lowest BCUT2D eigenvalue weighted by Crippen LogP contribution is -2.19. The Morgan fingerprint density at radius 1 is 1.47 bits per heavy atom. The predicted octanol–water partition coefficient (Wildman–Crippen LogP) is 3.55. The van der Waals surface area contributed by atoms with Crippen molar-refractivity contribution in [3.63, 3.8) is 0 Å². The van der Waals surface area contributed by atoms with Gasteiger partial charge in [0.25, 0.3) is 0 Å². The molecule has 0 spiro atoms. The van der Waals surface area contributed by atoms with Crippen molar-refractivity contribution in [1.29, 1.82) is 0 Å². The second kappa shape index (κ2) is 5.87. The molecule has 0 radical (unpaired) electrons. The molecule has 0 bridgehead atoms. The van der Waals surface area contributed by atoms with Crippen LogP contribution in [0.1, 0.15) is 31.7 Å².